The Labute approximate surface area is 181 Å². The highest BCUT2D eigenvalue weighted by molar-refractivity contribution is 6.52. The number of aromatic amines is 1. The van der Waals surface area contributed by atoms with E-state index < -0.39 is 11.7 Å². The molecule has 4 rings (SSSR count). The minimum Gasteiger partial charge on any atom is -0.508 e. The van der Waals surface area contributed by atoms with Crippen molar-refractivity contribution in [2.24, 2.45) is 0 Å². The number of hydrogen-bond donors (Lipinski definition) is 3. The number of phenolic OH excluding ortho intramolecular Hbond substituents is 1. The molecule has 0 aliphatic heterocycles. The minimum atomic E-state index is -0.843. The molecule has 4 aromatic rings. The first-order chi connectivity index (χ1) is 14.4. The molecule has 1 amide bonds. The Hall–Kier alpha value is -3.35. The van der Waals surface area contributed by atoms with Gasteiger partial charge in [0.2, 0.25) is 0 Å². The van der Waals surface area contributed by atoms with E-state index >= 15 is 0 Å². The highest BCUT2D eigenvalue weighted by Gasteiger charge is 2.26. The lowest BCUT2D eigenvalue weighted by atomic mass is 9.96. The fraction of sp³-hybridized carbons (Fsp3) is 0.0455. The lowest BCUT2D eigenvalue weighted by Gasteiger charge is -2.09. The Morgan fingerprint density at radius 2 is 1.70 bits per heavy atom. The Kier molecular flexibility index (Phi) is 5.44. The van der Waals surface area contributed by atoms with Crippen LogP contribution in [0.2, 0.25) is 10.2 Å². The third kappa shape index (κ3) is 3.87. The molecule has 0 bridgehead atoms. The number of nitrogens with one attached hydrogen (secondary N) is 2. The van der Waals surface area contributed by atoms with E-state index in [1.165, 1.54) is 18.5 Å². The molecule has 2 aromatic carbocycles. The lowest BCUT2D eigenvalue weighted by Crippen LogP contribution is -2.23. The SMILES string of the molecule is O=C(Nc1ccncc1)C(=O)c1c(Cl)[nH]c2ccc(O)c(Cc3ccc(Cl)cc3)c12. The molecule has 2 heterocycles. The van der Waals surface area contributed by atoms with Crippen LogP contribution in [0, 0.1) is 0 Å². The number of pyridine rings is 1. The summed E-state index contributed by atoms with van der Waals surface area (Å²) in [5.41, 5.74) is 2.35. The number of fused-ring (bicyclic) bond motifs is 1. The van der Waals surface area contributed by atoms with E-state index in [9.17, 15) is 14.7 Å². The zero-order chi connectivity index (χ0) is 21.3. The van der Waals surface area contributed by atoms with Crippen molar-refractivity contribution in [1.82, 2.24) is 9.97 Å². The second-order valence-corrected chi connectivity index (χ2v) is 7.44. The number of halogens is 2. The van der Waals surface area contributed by atoms with Crippen molar-refractivity contribution < 1.29 is 14.7 Å². The van der Waals surface area contributed by atoms with Gasteiger partial charge in [0.25, 0.3) is 11.7 Å². The number of Topliss-reactive ketones (excluding diaryl/α,β-unsaturated/α-hetero) is 1. The zero-order valence-corrected chi connectivity index (χ0v) is 17.0. The van der Waals surface area contributed by atoms with E-state index in [1.807, 2.05) is 12.1 Å². The summed E-state index contributed by atoms with van der Waals surface area (Å²) in [6.45, 7) is 0. The molecule has 0 atom stereocenters. The standard InChI is InChI=1S/C22H15Cl2N3O3/c23-13-3-1-12(2-4-13)11-15-17(28)6-5-16-18(15)19(21(24)27-16)20(29)22(30)26-14-7-9-25-10-8-14/h1-10,27-28H,11H2,(H,25,26,30). The van der Waals surface area contributed by atoms with Gasteiger partial charge >= 0.3 is 0 Å². The van der Waals surface area contributed by atoms with E-state index in [4.69, 9.17) is 23.2 Å². The summed E-state index contributed by atoms with van der Waals surface area (Å²) >= 11 is 12.2. The van der Waals surface area contributed by atoms with Crippen LogP contribution in [0.25, 0.3) is 10.9 Å². The number of carbonyl (C=O) groups is 2. The van der Waals surface area contributed by atoms with Gasteiger partial charge in [-0.2, -0.15) is 0 Å². The number of rotatable bonds is 5. The first kappa shape index (κ1) is 19.9. The predicted molar refractivity (Wildman–Crippen MR) is 116 cm³/mol. The van der Waals surface area contributed by atoms with Gasteiger partial charge < -0.3 is 15.4 Å². The van der Waals surface area contributed by atoms with E-state index in [0.29, 0.717) is 33.6 Å². The largest absolute Gasteiger partial charge is 0.508 e. The number of ketones is 1. The van der Waals surface area contributed by atoms with E-state index in [-0.39, 0.29) is 16.5 Å². The number of phenols is 1. The Morgan fingerprint density at radius 1 is 1.00 bits per heavy atom. The molecule has 0 unspecified atom stereocenters. The number of anilines is 1. The van der Waals surface area contributed by atoms with Gasteiger partial charge in [-0.3, -0.25) is 14.6 Å². The van der Waals surface area contributed by atoms with Gasteiger partial charge in [0.1, 0.15) is 10.9 Å². The third-order valence-electron chi connectivity index (χ3n) is 4.67. The monoisotopic (exact) mass is 439 g/mol. The highest BCUT2D eigenvalue weighted by Crippen LogP contribution is 2.35. The van der Waals surface area contributed by atoms with Crippen LogP contribution in [0.15, 0.2) is 60.9 Å². The molecule has 8 heteroatoms. The number of nitrogens with zero attached hydrogens (tertiary/aromatic N) is 1. The maximum absolute atomic E-state index is 13.0. The Morgan fingerprint density at radius 3 is 2.40 bits per heavy atom. The molecule has 0 saturated carbocycles. The molecule has 0 aliphatic carbocycles. The number of aromatic nitrogens is 2. The maximum atomic E-state index is 13.0. The van der Waals surface area contributed by atoms with Crippen molar-refractivity contribution >= 4 is 51.5 Å². The molecular weight excluding hydrogens is 425 g/mol. The molecule has 0 aliphatic rings. The van der Waals surface area contributed by atoms with Gasteiger partial charge in [-0.15, -0.1) is 0 Å². The number of carbonyl (C=O) groups excluding carboxylic acids is 2. The molecule has 3 N–H and O–H groups in total. The molecule has 0 saturated heterocycles. The molecule has 0 radical (unpaired) electrons. The Balaban J connectivity index is 1.77. The summed E-state index contributed by atoms with van der Waals surface area (Å²) in [6.07, 6.45) is 3.32. The predicted octanol–water partition coefficient (Wildman–Crippen LogP) is 4.99. The highest BCUT2D eigenvalue weighted by atomic mass is 35.5. The van der Waals surface area contributed by atoms with Crippen molar-refractivity contribution in [2.75, 3.05) is 5.32 Å². The number of H-pyrrole nitrogens is 1. The van der Waals surface area contributed by atoms with E-state index in [2.05, 4.69) is 15.3 Å². The van der Waals surface area contributed by atoms with Gasteiger partial charge in [-0.05, 0) is 42.0 Å². The fourth-order valence-electron chi connectivity index (χ4n) is 3.25. The average Bonchev–Trinajstić information content (AvgIpc) is 3.08. The summed E-state index contributed by atoms with van der Waals surface area (Å²) in [6, 6.07) is 13.4. The van der Waals surface area contributed by atoms with Crippen LogP contribution < -0.4 is 5.32 Å². The molecule has 2 aromatic heterocycles. The van der Waals surface area contributed by atoms with E-state index in [1.54, 1.807) is 30.3 Å². The smallest absolute Gasteiger partial charge is 0.296 e. The summed E-state index contributed by atoms with van der Waals surface area (Å²) in [4.78, 5) is 32.3. The van der Waals surface area contributed by atoms with Crippen LogP contribution in [0.5, 0.6) is 5.75 Å². The maximum Gasteiger partial charge on any atom is 0.296 e. The summed E-state index contributed by atoms with van der Waals surface area (Å²) in [5, 5.41) is 14.1. The number of hydrogen-bond acceptors (Lipinski definition) is 4. The van der Waals surface area contributed by atoms with Crippen LogP contribution in [-0.4, -0.2) is 26.8 Å². The molecule has 0 spiro atoms. The number of aromatic hydroxyl groups is 1. The van der Waals surface area contributed by atoms with E-state index in [0.717, 1.165) is 5.56 Å². The first-order valence-corrected chi connectivity index (χ1v) is 9.72. The van der Waals surface area contributed by atoms with Gasteiger partial charge in [0.05, 0.1) is 5.56 Å². The fourth-order valence-corrected chi connectivity index (χ4v) is 3.66. The number of amides is 1. The van der Waals surface area contributed by atoms with Crippen molar-refractivity contribution in [2.45, 2.75) is 6.42 Å². The molecule has 0 fully saturated rings. The van der Waals surface area contributed by atoms with Crippen LogP contribution >= 0.6 is 23.2 Å². The van der Waals surface area contributed by atoms with Crippen molar-refractivity contribution in [3.8, 4) is 5.75 Å². The quantitative estimate of drug-likeness (QED) is 0.301. The van der Waals surface area contributed by atoms with Gasteiger partial charge in [0, 0.05) is 46.0 Å². The summed E-state index contributed by atoms with van der Waals surface area (Å²) < 4.78 is 0. The normalized spacial score (nSPS) is 10.9. The van der Waals surface area contributed by atoms with Crippen LogP contribution in [0.1, 0.15) is 21.5 Å². The van der Waals surface area contributed by atoms with Crippen molar-refractivity contribution in [3.63, 3.8) is 0 Å². The summed E-state index contributed by atoms with van der Waals surface area (Å²) in [5.74, 6) is -1.66. The molecule has 30 heavy (non-hydrogen) atoms. The van der Waals surface area contributed by atoms with Gasteiger partial charge in [-0.1, -0.05) is 35.3 Å². The van der Waals surface area contributed by atoms with Gasteiger partial charge in [0.15, 0.2) is 0 Å². The Bertz CT molecular complexity index is 1250. The second-order valence-electron chi connectivity index (χ2n) is 6.62. The third-order valence-corrected chi connectivity index (χ3v) is 5.20. The molecule has 6 nitrogen and oxygen atoms in total. The van der Waals surface area contributed by atoms with Crippen molar-refractivity contribution in [1.29, 1.82) is 0 Å². The summed E-state index contributed by atoms with van der Waals surface area (Å²) in [7, 11) is 0. The van der Waals surface area contributed by atoms with Crippen LogP contribution in [-0.2, 0) is 11.2 Å². The average molecular weight is 440 g/mol. The topological polar surface area (TPSA) is 95.1 Å². The van der Waals surface area contributed by atoms with Crippen LogP contribution in [0.3, 0.4) is 0 Å². The zero-order valence-electron chi connectivity index (χ0n) is 15.4. The minimum absolute atomic E-state index is 0.00305. The first-order valence-electron chi connectivity index (χ1n) is 8.96. The molecule has 150 valence electrons. The second kappa shape index (κ2) is 8.18. The number of benzene rings is 2. The van der Waals surface area contributed by atoms with Gasteiger partial charge in [-0.25, -0.2) is 0 Å². The lowest BCUT2D eigenvalue weighted by molar-refractivity contribution is -0.112. The van der Waals surface area contributed by atoms with Crippen LogP contribution in [0.4, 0.5) is 5.69 Å². The van der Waals surface area contributed by atoms with Crippen molar-refractivity contribution in [3.05, 3.63) is 87.8 Å². The molecular formula is C22H15Cl2N3O3.